The highest BCUT2D eigenvalue weighted by molar-refractivity contribution is 6.02. The predicted molar refractivity (Wildman–Crippen MR) is 318 cm³/mol. The summed E-state index contributed by atoms with van der Waals surface area (Å²) in [7, 11) is 0. The van der Waals surface area contributed by atoms with Crippen molar-refractivity contribution in [3.8, 4) is 0 Å². The van der Waals surface area contributed by atoms with Gasteiger partial charge in [0.2, 0.25) is 53.2 Å². The molecule has 480 valence electrons. The third kappa shape index (κ3) is 28.9. The molecule has 28 N–H and O–H groups in total. The zero-order valence-electron chi connectivity index (χ0n) is 49.2. The Morgan fingerprint density at radius 3 is 1.82 bits per heavy atom. The number of hydrogen-bond acceptors (Lipinski definition) is 19. The molecule has 1 fully saturated rings. The first-order valence-electron chi connectivity index (χ1n) is 29.4. The molecule has 0 radical (unpaired) electrons. The molecule has 0 aliphatic carbocycles. The maximum Gasteiger partial charge on any atom is 0.268 e. The molecule has 2 rings (SSSR count). The van der Waals surface area contributed by atoms with Crippen LogP contribution in [0.5, 0.6) is 0 Å². The van der Waals surface area contributed by atoms with E-state index in [1.165, 1.54) is 30.4 Å². The van der Waals surface area contributed by atoms with Crippen molar-refractivity contribution in [2.24, 2.45) is 45.9 Å². The van der Waals surface area contributed by atoms with Gasteiger partial charge in [0, 0.05) is 37.9 Å². The van der Waals surface area contributed by atoms with E-state index in [1.807, 2.05) is 0 Å². The molecule has 1 saturated heterocycles. The van der Waals surface area contributed by atoms with E-state index >= 15 is 0 Å². The second-order valence-electron chi connectivity index (χ2n) is 20.7. The number of H-pyrrole nitrogens is 1. The first-order chi connectivity index (χ1) is 40.7. The molecule has 1 aliphatic rings. The lowest BCUT2D eigenvalue weighted by Gasteiger charge is -2.30. The molecule has 32 heteroatoms. The third-order valence-electron chi connectivity index (χ3n) is 13.7. The maximum atomic E-state index is 14.5. The van der Waals surface area contributed by atoms with E-state index in [1.54, 1.807) is 0 Å². The number of nitrogens with one attached hydrogen (secondary N) is 12. The first kappa shape index (κ1) is 73.7. The molecular weight excluding hydrogens is 1100 g/mol. The highest BCUT2D eigenvalue weighted by Gasteiger charge is 2.40. The molecular formula is C53H98N22O10. The molecule has 1 aliphatic heterocycles. The Hall–Kier alpha value is -7.36. The minimum absolute atomic E-state index is 0.0340. The van der Waals surface area contributed by atoms with Crippen molar-refractivity contribution in [2.75, 3.05) is 65.4 Å². The molecule has 1 aromatic rings. The van der Waals surface area contributed by atoms with Crippen molar-refractivity contribution in [3.05, 3.63) is 30.0 Å². The lowest BCUT2D eigenvalue weighted by Crippen LogP contribution is -2.59. The van der Waals surface area contributed by atoms with Crippen LogP contribution in [0.25, 0.3) is 0 Å². The van der Waals surface area contributed by atoms with Gasteiger partial charge in [0.25, 0.3) is 5.91 Å². The highest BCUT2D eigenvalue weighted by Crippen LogP contribution is 2.21. The first-order valence-corrected chi connectivity index (χ1v) is 29.4. The van der Waals surface area contributed by atoms with Crippen LogP contribution >= 0.6 is 0 Å². The fraction of sp³-hybridized carbons (Fsp3) is 0.698. The van der Waals surface area contributed by atoms with E-state index in [2.05, 4.69) is 63.1 Å². The van der Waals surface area contributed by atoms with Gasteiger partial charge in [-0.2, -0.15) is 0 Å². The number of nitrogens with zero attached hydrogens (tertiary/aromatic N) is 2. The van der Waals surface area contributed by atoms with Crippen molar-refractivity contribution in [1.82, 2.24) is 68.0 Å². The zero-order chi connectivity index (χ0) is 63.1. The topological polar surface area (TPSA) is 555 Å². The second-order valence-corrected chi connectivity index (χ2v) is 20.7. The third-order valence-corrected chi connectivity index (χ3v) is 13.7. The summed E-state index contributed by atoms with van der Waals surface area (Å²) in [6.45, 7) is 2.96. The molecule has 0 saturated carbocycles. The molecule has 3 unspecified atom stereocenters. The summed E-state index contributed by atoms with van der Waals surface area (Å²) < 4.78 is 0. The molecule has 8 atom stereocenters. The van der Waals surface area contributed by atoms with Crippen molar-refractivity contribution in [1.29, 1.82) is 5.41 Å². The maximum absolute atomic E-state index is 14.5. The number of aromatic nitrogens is 2. The average molecular weight is 1200 g/mol. The average Bonchev–Trinajstić information content (AvgIpc) is 4.31. The Morgan fingerprint density at radius 2 is 1.21 bits per heavy atom. The Balaban J connectivity index is 2.32. The van der Waals surface area contributed by atoms with Gasteiger partial charge in [-0.15, -0.1) is 0 Å². The van der Waals surface area contributed by atoms with Gasteiger partial charge in [-0.3, -0.25) is 53.4 Å². The molecule has 32 nitrogen and oxygen atoms in total. The number of rotatable bonds is 44. The molecule has 0 spiro atoms. The van der Waals surface area contributed by atoms with Gasteiger partial charge in [0.15, 0.2) is 5.96 Å². The van der Waals surface area contributed by atoms with Crippen LogP contribution in [0.2, 0.25) is 0 Å². The molecule has 0 bridgehead atoms. The largest absolute Gasteiger partial charge is 0.370 e. The van der Waals surface area contributed by atoms with Gasteiger partial charge in [0.1, 0.15) is 48.0 Å². The van der Waals surface area contributed by atoms with E-state index in [9.17, 15) is 47.9 Å². The van der Waals surface area contributed by atoms with Crippen LogP contribution in [0.3, 0.4) is 0 Å². The van der Waals surface area contributed by atoms with E-state index < -0.39 is 114 Å². The Kier molecular flexibility index (Phi) is 36.8. The lowest BCUT2D eigenvalue weighted by molar-refractivity contribution is -0.142. The van der Waals surface area contributed by atoms with Gasteiger partial charge in [-0.05, 0) is 149 Å². The van der Waals surface area contributed by atoms with Crippen molar-refractivity contribution < 1.29 is 47.9 Å². The Morgan fingerprint density at radius 1 is 0.624 bits per heavy atom. The summed E-state index contributed by atoms with van der Waals surface area (Å²) in [6, 6.07) is -9.17. The highest BCUT2D eigenvalue weighted by atomic mass is 16.2. The summed E-state index contributed by atoms with van der Waals surface area (Å²) in [5.74, 6) is -7.34. The van der Waals surface area contributed by atoms with Crippen LogP contribution in [0, 0.1) is 5.41 Å². The van der Waals surface area contributed by atoms with Gasteiger partial charge in [-0.25, -0.2) is 4.98 Å². The summed E-state index contributed by atoms with van der Waals surface area (Å²) in [5.41, 5.74) is 45.8. The Labute approximate surface area is 497 Å². The smallest absolute Gasteiger partial charge is 0.268 e. The van der Waals surface area contributed by atoms with Crippen LogP contribution in [-0.4, -0.2) is 194 Å². The van der Waals surface area contributed by atoms with Gasteiger partial charge < -0.3 is 109 Å². The second kappa shape index (κ2) is 42.4. The monoisotopic (exact) mass is 1200 g/mol. The molecule has 2 heterocycles. The fourth-order valence-electron chi connectivity index (χ4n) is 8.95. The zero-order valence-corrected chi connectivity index (χ0v) is 49.2. The number of unbranched alkanes of at least 4 members (excludes halogenated alkanes) is 4. The standard InChI is InChI=1S/C53H98N22O10/c1-33(68-47(80)39(19-25-59)70-45(78)35(60)13-2-5-20-54)44(77)66-31-43(76)69-40(16-10-24-58)52(85)75-28-12-18-42(75)51(84)74-41(29-34-30-63-32-67-34)50(83)73-37(15-4-7-22-56)48(81)72-38(17-11-27-65-53(61)62)49(82)71-36(14-3-6-21-55)46(79)64-26-9-8-23-57/h17,30,32-33,35-37,39-42H,2-16,18-29,31,54-60H2,1H3,(H,63,67)(H,64,79)(H,66,77)(H,68,80)(H,69,76)(H,70,78)(H,71,82)(H,72,81)(H,73,83)(H,74,84)(H4,61,62,65)/b38-17-/t33?,35?,36?,37-,39-,40+,41-,42-/m0/s1. The normalized spacial score (nSPS) is 15.6. The summed E-state index contributed by atoms with van der Waals surface area (Å²) in [4.78, 5) is 145. The number of carbonyl (C=O) groups excluding carboxylic acids is 10. The Bertz CT molecular complexity index is 2290. The number of amides is 10. The van der Waals surface area contributed by atoms with E-state index in [4.69, 9.17) is 51.3 Å². The van der Waals surface area contributed by atoms with Gasteiger partial charge in [-0.1, -0.05) is 12.5 Å². The number of nitrogens with two attached hydrogens (primary N) is 8. The van der Waals surface area contributed by atoms with E-state index in [0.717, 1.165) is 0 Å². The number of carbonyl (C=O) groups is 10. The molecule has 0 aromatic carbocycles. The lowest BCUT2D eigenvalue weighted by atomic mass is 10.0. The quantitative estimate of drug-likeness (QED) is 0.0125. The minimum atomic E-state index is -1.37. The van der Waals surface area contributed by atoms with Crippen LogP contribution in [0.15, 0.2) is 24.3 Å². The van der Waals surface area contributed by atoms with Gasteiger partial charge in [0.05, 0.1) is 18.9 Å². The van der Waals surface area contributed by atoms with E-state index in [-0.39, 0.29) is 95.7 Å². The number of imidazole rings is 1. The summed E-state index contributed by atoms with van der Waals surface area (Å²) in [5, 5.41) is 34.0. The van der Waals surface area contributed by atoms with Crippen molar-refractivity contribution in [2.45, 2.75) is 171 Å². The van der Waals surface area contributed by atoms with Crippen LogP contribution in [0.4, 0.5) is 0 Å². The molecule has 1 aromatic heterocycles. The number of guanidine groups is 1. The van der Waals surface area contributed by atoms with Crippen LogP contribution < -0.4 is 99.0 Å². The predicted octanol–water partition coefficient (Wildman–Crippen LogP) is -6.48. The molecule has 10 amide bonds. The van der Waals surface area contributed by atoms with Crippen LogP contribution in [0.1, 0.15) is 122 Å². The SMILES string of the molecule is CC(NC(=O)[C@H](CCN)NC(=O)C(N)CCCCN)C(=O)NCC(=O)N[C@H](CCCN)C(=O)N1CCC[C@H]1C(=O)N[C@@H](Cc1cnc[nH]1)C(=O)N[C@@H](CCCCN)C(=O)N/C(=C\CCNC(=N)N)C(=O)NC(CCCCN)C(=O)NCCCCN. The van der Waals surface area contributed by atoms with Gasteiger partial charge >= 0.3 is 0 Å². The minimum Gasteiger partial charge on any atom is -0.370 e. The summed E-state index contributed by atoms with van der Waals surface area (Å²) >= 11 is 0. The number of aromatic amines is 1. The fourth-order valence-corrected chi connectivity index (χ4v) is 8.95. The van der Waals surface area contributed by atoms with Crippen LogP contribution in [-0.2, 0) is 54.4 Å². The number of hydrogen-bond donors (Lipinski definition) is 20. The number of likely N-dealkylation sites (tertiary alicyclic amines) is 1. The van der Waals surface area contributed by atoms with E-state index in [0.29, 0.717) is 96.1 Å². The summed E-state index contributed by atoms with van der Waals surface area (Å²) in [6.07, 6.45) is 10.2. The van der Waals surface area contributed by atoms with Crippen molar-refractivity contribution >= 4 is 65.0 Å². The van der Waals surface area contributed by atoms with Crippen molar-refractivity contribution in [3.63, 3.8) is 0 Å². The molecule has 85 heavy (non-hydrogen) atoms.